The zero-order valence-electron chi connectivity index (χ0n) is 15.8. The Morgan fingerprint density at radius 3 is 2.82 bits per heavy atom. The van der Waals surface area contributed by atoms with Crippen molar-refractivity contribution < 1.29 is 13.9 Å². The predicted octanol–water partition coefficient (Wildman–Crippen LogP) is 3.04. The van der Waals surface area contributed by atoms with Crippen LogP contribution in [-0.4, -0.2) is 38.2 Å². The first-order chi connectivity index (χ1) is 13.3. The highest BCUT2D eigenvalue weighted by molar-refractivity contribution is 5.78. The minimum atomic E-state index is -0.587. The van der Waals surface area contributed by atoms with Crippen molar-refractivity contribution in [3.63, 3.8) is 0 Å². The maximum Gasteiger partial charge on any atom is 0.258 e. The Morgan fingerprint density at radius 1 is 1.29 bits per heavy atom. The van der Waals surface area contributed by atoms with Crippen LogP contribution in [0.25, 0.3) is 11.4 Å². The van der Waals surface area contributed by atoms with E-state index in [1.807, 2.05) is 20.8 Å². The first kappa shape index (κ1) is 19.3. The molecule has 0 bridgehead atoms. The van der Waals surface area contributed by atoms with Crippen molar-refractivity contribution in [1.29, 1.82) is 0 Å². The molecule has 0 saturated carbocycles. The Kier molecular flexibility index (Phi) is 5.53. The fourth-order valence-electron chi connectivity index (χ4n) is 2.38. The van der Waals surface area contributed by atoms with E-state index in [2.05, 4.69) is 30.8 Å². The molecule has 0 aliphatic rings. The maximum absolute atomic E-state index is 14.0. The van der Waals surface area contributed by atoms with Crippen molar-refractivity contribution in [2.75, 3.05) is 11.9 Å². The van der Waals surface area contributed by atoms with E-state index >= 15 is 0 Å². The summed E-state index contributed by atoms with van der Waals surface area (Å²) >= 11 is 0. The molecule has 0 atom stereocenters. The summed E-state index contributed by atoms with van der Waals surface area (Å²) in [5.74, 6) is 0.0248. The SMILES string of the molecule is CC(C)(C)NC(=O)COc1cccc(-c2ncc(F)c(Nc3cn[nH]c3)n2)c1. The first-order valence-corrected chi connectivity index (χ1v) is 8.63. The molecule has 0 aliphatic carbocycles. The van der Waals surface area contributed by atoms with Gasteiger partial charge < -0.3 is 15.4 Å². The second kappa shape index (κ2) is 8.03. The minimum absolute atomic E-state index is 0.0299. The number of aromatic nitrogens is 4. The monoisotopic (exact) mass is 384 g/mol. The van der Waals surface area contributed by atoms with Gasteiger partial charge in [-0.3, -0.25) is 9.89 Å². The summed E-state index contributed by atoms with van der Waals surface area (Å²) in [6.45, 7) is 5.57. The molecule has 1 aromatic carbocycles. The molecule has 28 heavy (non-hydrogen) atoms. The van der Waals surface area contributed by atoms with Crippen molar-refractivity contribution >= 4 is 17.4 Å². The molecule has 3 N–H and O–H groups in total. The summed E-state index contributed by atoms with van der Waals surface area (Å²) in [5.41, 5.74) is 0.872. The fraction of sp³-hybridized carbons (Fsp3) is 0.263. The molecular weight excluding hydrogens is 363 g/mol. The molecule has 8 nitrogen and oxygen atoms in total. The fourth-order valence-corrected chi connectivity index (χ4v) is 2.38. The van der Waals surface area contributed by atoms with Gasteiger partial charge in [0.1, 0.15) is 5.75 Å². The number of carbonyl (C=O) groups excluding carboxylic acids is 1. The third-order valence-corrected chi connectivity index (χ3v) is 3.48. The number of rotatable bonds is 6. The van der Waals surface area contributed by atoms with Gasteiger partial charge in [-0.25, -0.2) is 14.4 Å². The van der Waals surface area contributed by atoms with Crippen molar-refractivity contribution in [1.82, 2.24) is 25.5 Å². The van der Waals surface area contributed by atoms with Crippen molar-refractivity contribution in [3.8, 4) is 17.1 Å². The summed E-state index contributed by atoms with van der Waals surface area (Å²) in [5, 5.41) is 12.1. The van der Waals surface area contributed by atoms with Crippen molar-refractivity contribution in [2.24, 2.45) is 0 Å². The number of benzene rings is 1. The number of hydrogen-bond donors (Lipinski definition) is 3. The van der Waals surface area contributed by atoms with Gasteiger partial charge >= 0.3 is 0 Å². The quantitative estimate of drug-likeness (QED) is 0.603. The number of hydrogen-bond acceptors (Lipinski definition) is 6. The number of anilines is 2. The van der Waals surface area contributed by atoms with E-state index < -0.39 is 5.82 Å². The highest BCUT2D eigenvalue weighted by Gasteiger charge is 2.14. The van der Waals surface area contributed by atoms with E-state index in [0.717, 1.165) is 6.20 Å². The lowest BCUT2D eigenvalue weighted by molar-refractivity contribution is -0.124. The average molecular weight is 384 g/mol. The number of halogens is 1. The van der Waals surface area contributed by atoms with E-state index in [-0.39, 0.29) is 23.9 Å². The molecule has 9 heteroatoms. The van der Waals surface area contributed by atoms with Gasteiger partial charge in [0.2, 0.25) is 0 Å². The van der Waals surface area contributed by atoms with Crippen molar-refractivity contribution in [3.05, 3.63) is 48.7 Å². The maximum atomic E-state index is 14.0. The van der Waals surface area contributed by atoms with Gasteiger partial charge in [-0.2, -0.15) is 5.10 Å². The number of ether oxygens (including phenoxy) is 1. The third kappa shape index (κ3) is 5.26. The molecule has 146 valence electrons. The summed E-state index contributed by atoms with van der Waals surface area (Å²) in [7, 11) is 0. The second-order valence-corrected chi connectivity index (χ2v) is 7.12. The number of nitrogens with zero attached hydrogens (tertiary/aromatic N) is 3. The molecule has 0 radical (unpaired) electrons. The highest BCUT2D eigenvalue weighted by atomic mass is 19.1. The molecule has 1 amide bonds. The summed E-state index contributed by atoms with van der Waals surface area (Å²) in [6, 6.07) is 6.94. The van der Waals surface area contributed by atoms with Crippen LogP contribution in [-0.2, 0) is 4.79 Å². The highest BCUT2D eigenvalue weighted by Crippen LogP contribution is 2.24. The number of carbonyl (C=O) groups is 1. The van der Waals surface area contributed by atoms with Crippen LogP contribution >= 0.6 is 0 Å². The molecule has 0 unspecified atom stereocenters. The number of H-pyrrole nitrogens is 1. The van der Waals surface area contributed by atoms with E-state index in [1.165, 1.54) is 6.20 Å². The van der Waals surface area contributed by atoms with E-state index in [1.54, 1.807) is 30.5 Å². The Bertz CT molecular complexity index is 953. The normalized spacial score (nSPS) is 11.1. The first-order valence-electron chi connectivity index (χ1n) is 8.63. The Labute approximate surface area is 161 Å². The van der Waals surface area contributed by atoms with Crippen molar-refractivity contribution in [2.45, 2.75) is 26.3 Å². The van der Waals surface area contributed by atoms with Crippen LogP contribution in [0.15, 0.2) is 42.9 Å². The molecular formula is C19H21FN6O2. The van der Waals surface area contributed by atoms with Gasteiger partial charge in [0.15, 0.2) is 24.1 Å². The molecule has 0 spiro atoms. The van der Waals surface area contributed by atoms with Crippen LogP contribution in [0.3, 0.4) is 0 Å². The molecule has 0 aliphatic heterocycles. The van der Waals surface area contributed by atoms with E-state index in [9.17, 15) is 9.18 Å². The standard InChI is InChI=1S/C19H21FN6O2/c1-19(2,3)26-16(27)11-28-14-6-4-5-12(7-14)17-21-10-15(20)18(25-17)24-13-8-22-23-9-13/h4-10H,11H2,1-3H3,(H,22,23)(H,26,27)(H,21,24,25). The number of amides is 1. The van der Waals surface area contributed by atoms with Crippen LogP contribution in [0.1, 0.15) is 20.8 Å². The molecule has 2 aromatic heterocycles. The molecule has 0 fully saturated rings. The largest absolute Gasteiger partial charge is 0.484 e. The minimum Gasteiger partial charge on any atom is -0.484 e. The second-order valence-electron chi connectivity index (χ2n) is 7.12. The number of aromatic amines is 1. The Hall–Kier alpha value is -3.49. The van der Waals surface area contributed by atoms with Crippen LogP contribution < -0.4 is 15.4 Å². The zero-order chi connectivity index (χ0) is 20.1. The molecule has 0 saturated heterocycles. The van der Waals surface area contributed by atoms with Crippen LogP contribution in [0, 0.1) is 5.82 Å². The summed E-state index contributed by atoms with van der Waals surface area (Å²) in [4.78, 5) is 20.2. The van der Waals surface area contributed by atoms with Gasteiger partial charge in [0.05, 0.1) is 18.1 Å². The smallest absolute Gasteiger partial charge is 0.258 e. The zero-order valence-corrected chi connectivity index (χ0v) is 15.8. The predicted molar refractivity (Wildman–Crippen MR) is 103 cm³/mol. The average Bonchev–Trinajstić information content (AvgIpc) is 3.14. The lowest BCUT2D eigenvalue weighted by atomic mass is 10.1. The van der Waals surface area contributed by atoms with E-state index in [4.69, 9.17) is 4.74 Å². The Morgan fingerprint density at radius 2 is 2.11 bits per heavy atom. The van der Waals surface area contributed by atoms with Gasteiger partial charge in [-0.1, -0.05) is 12.1 Å². The van der Waals surface area contributed by atoms with Gasteiger partial charge in [0, 0.05) is 17.3 Å². The van der Waals surface area contributed by atoms with Crippen LogP contribution in [0.5, 0.6) is 5.75 Å². The van der Waals surface area contributed by atoms with Gasteiger partial charge in [0.25, 0.3) is 5.91 Å². The topological polar surface area (TPSA) is 105 Å². The molecule has 3 rings (SSSR count). The number of nitrogens with one attached hydrogen (secondary N) is 3. The third-order valence-electron chi connectivity index (χ3n) is 3.48. The molecule has 3 aromatic rings. The Balaban J connectivity index is 1.74. The van der Waals surface area contributed by atoms with E-state index in [0.29, 0.717) is 22.8 Å². The van der Waals surface area contributed by atoms with Crippen LogP contribution in [0.4, 0.5) is 15.9 Å². The summed E-state index contributed by atoms with van der Waals surface area (Å²) in [6.07, 6.45) is 4.19. The van der Waals surface area contributed by atoms with Gasteiger partial charge in [-0.05, 0) is 32.9 Å². The van der Waals surface area contributed by atoms with Crippen LogP contribution in [0.2, 0.25) is 0 Å². The molecule has 2 heterocycles. The lowest BCUT2D eigenvalue weighted by Gasteiger charge is -2.20. The lowest BCUT2D eigenvalue weighted by Crippen LogP contribution is -2.43. The van der Waals surface area contributed by atoms with Gasteiger partial charge in [-0.15, -0.1) is 0 Å². The summed E-state index contributed by atoms with van der Waals surface area (Å²) < 4.78 is 19.6.